The van der Waals surface area contributed by atoms with E-state index < -0.39 is 23.7 Å². The molecular weight excluding hydrogens is 433 g/mol. The fourth-order valence-electron chi connectivity index (χ4n) is 3.41. The number of carbonyl (C=O) groups is 1. The van der Waals surface area contributed by atoms with E-state index in [1.807, 2.05) is 5.10 Å². The third kappa shape index (κ3) is 6.51. The Morgan fingerprint density at radius 1 is 1.06 bits per heavy atom. The third-order valence-electron chi connectivity index (χ3n) is 5.15. The maximum absolute atomic E-state index is 13.4. The predicted octanol–water partition coefficient (Wildman–Crippen LogP) is 5.46. The van der Waals surface area contributed by atoms with Gasteiger partial charge < -0.3 is 5.32 Å². The molecule has 6 nitrogen and oxygen atoms in total. The summed E-state index contributed by atoms with van der Waals surface area (Å²) >= 11 is 0. The summed E-state index contributed by atoms with van der Waals surface area (Å²) in [6.07, 6.45) is 1.04. The number of nitrogens with zero attached hydrogens (tertiary/aromatic N) is 2. The van der Waals surface area contributed by atoms with Crippen LogP contribution >= 0.6 is 0 Å². The van der Waals surface area contributed by atoms with E-state index in [0.29, 0.717) is 0 Å². The number of hydrogen-bond acceptors (Lipinski definition) is 3. The van der Waals surface area contributed by atoms with Crippen molar-refractivity contribution in [2.75, 3.05) is 5.32 Å². The minimum Gasteiger partial charge on any atom is -0.309 e. The highest BCUT2D eigenvalue weighted by atomic mass is 19.4. The minimum absolute atomic E-state index is 0.0491. The molecule has 32 heavy (non-hydrogen) atoms. The normalized spacial score (nSPS) is 16.5. The van der Waals surface area contributed by atoms with E-state index in [2.05, 4.69) is 20.7 Å². The number of alkyl halides is 5. The lowest BCUT2D eigenvalue weighted by Gasteiger charge is -2.15. The van der Waals surface area contributed by atoms with Crippen LogP contribution in [-0.4, -0.2) is 28.1 Å². The number of guanidine groups is 1. The van der Waals surface area contributed by atoms with Gasteiger partial charge >= 0.3 is 6.18 Å². The van der Waals surface area contributed by atoms with Crippen LogP contribution in [0.4, 0.5) is 27.8 Å². The Labute approximate surface area is 181 Å². The first-order valence-corrected chi connectivity index (χ1v) is 10.3. The van der Waals surface area contributed by atoms with Crippen molar-refractivity contribution in [1.82, 2.24) is 15.5 Å². The summed E-state index contributed by atoms with van der Waals surface area (Å²) in [5.41, 5.74) is -1.18. The third-order valence-corrected chi connectivity index (χ3v) is 5.15. The van der Waals surface area contributed by atoms with Crippen LogP contribution in [0.2, 0.25) is 0 Å². The second-order valence-electron chi connectivity index (χ2n) is 7.83. The molecule has 0 radical (unpaired) electrons. The number of rotatable bonds is 4. The van der Waals surface area contributed by atoms with Crippen LogP contribution < -0.4 is 10.6 Å². The molecule has 0 unspecified atom stereocenters. The van der Waals surface area contributed by atoms with Crippen molar-refractivity contribution < 1.29 is 26.7 Å². The predicted molar refractivity (Wildman–Crippen MR) is 110 cm³/mol. The second kappa shape index (κ2) is 9.66. The fraction of sp³-hybridized carbons (Fsp3) is 0.476. The van der Waals surface area contributed by atoms with Gasteiger partial charge in [0.25, 0.3) is 11.8 Å². The molecule has 0 bridgehead atoms. The van der Waals surface area contributed by atoms with E-state index in [-0.39, 0.29) is 28.9 Å². The summed E-state index contributed by atoms with van der Waals surface area (Å²) in [5.74, 6) is -3.89. The molecule has 11 heteroatoms. The number of nitrogens with one attached hydrogen (secondary N) is 3. The molecule has 3 N–H and O–H groups in total. The molecule has 3 rings (SSSR count). The molecule has 1 heterocycles. The van der Waals surface area contributed by atoms with E-state index in [4.69, 9.17) is 0 Å². The zero-order valence-corrected chi connectivity index (χ0v) is 17.4. The fourth-order valence-corrected chi connectivity index (χ4v) is 3.41. The smallest absolute Gasteiger partial charge is 0.309 e. The Balaban J connectivity index is 1.80. The van der Waals surface area contributed by atoms with Crippen molar-refractivity contribution >= 4 is 17.7 Å². The van der Waals surface area contributed by atoms with Crippen LogP contribution in [0.5, 0.6) is 0 Å². The van der Waals surface area contributed by atoms with Crippen molar-refractivity contribution in [1.29, 1.82) is 0 Å². The number of H-pyrrole nitrogens is 1. The number of benzene rings is 1. The summed E-state index contributed by atoms with van der Waals surface area (Å²) < 4.78 is 65.4. The number of hydrogen-bond donors (Lipinski definition) is 3. The molecule has 1 aromatic heterocycles. The highest BCUT2D eigenvalue weighted by Crippen LogP contribution is 2.29. The molecule has 1 aliphatic carbocycles. The lowest BCUT2D eigenvalue weighted by molar-refractivity contribution is -0.141. The average molecular weight is 457 g/mol. The van der Waals surface area contributed by atoms with E-state index in [9.17, 15) is 26.7 Å². The molecule has 0 atom stereocenters. The van der Waals surface area contributed by atoms with Gasteiger partial charge in [-0.3, -0.25) is 15.2 Å². The molecule has 174 valence electrons. The van der Waals surface area contributed by atoms with Gasteiger partial charge in [0, 0.05) is 24.1 Å². The Hall–Kier alpha value is -2.98. The first kappa shape index (κ1) is 23.7. The van der Waals surface area contributed by atoms with Crippen molar-refractivity contribution in [3.8, 4) is 0 Å². The van der Waals surface area contributed by atoms with Gasteiger partial charge in [-0.1, -0.05) is 37.8 Å². The Morgan fingerprint density at radius 2 is 1.69 bits per heavy atom. The highest BCUT2D eigenvalue weighted by Gasteiger charge is 2.33. The van der Waals surface area contributed by atoms with Crippen molar-refractivity contribution in [3.63, 3.8) is 0 Å². The van der Waals surface area contributed by atoms with Crippen molar-refractivity contribution in [3.05, 3.63) is 47.2 Å². The van der Waals surface area contributed by atoms with Gasteiger partial charge in [-0.2, -0.15) is 18.3 Å². The summed E-state index contributed by atoms with van der Waals surface area (Å²) in [4.78, 5) is 17.2. The minimum atomic E-state index is -4.60. The largest absolute Gasteiger partial charge is 0.432 e. The van der Waals surface area contributed by atoms with E-state index >= 15 is 0 Å². The Kier molecular flexibility index (Phi) is 7.15. The molecule has 1 saturated carbocycles. The Bertz CT molecular complexity index is 939. The summed E-state index contributed by atoms with van der Waals surface area (Å²) in [7, 11) is 0. The zero-order valence-electron chi connectivity index (χ0n) is 17.4. The molecular formula is C21H24F5N5O. The standard InChI is InChI=1S/C21H24F5N5O/c1-20(22,23)14-10-8-13(9-11-14)18(32)29-19(27-15-6-4-2-3-5-7-15)28-17-12-16(30-31-17)21(24,25)26/h8-12,15H,2-7H2,1H3,(H3,27,28,29,30,31,32). The van der Waals surface area contributed by atoms with Crippen LogP contribution in [0, 0.1) is 0 Å². The number of aromatic nitrogens is 2. The number of amides is 1. The maximum Gasteiger partial charge on any atom is 0.432 e. The van der Waals surface area contributed by atoms with Crippen LogP contribution in [0.1, 0.15) is 67.1 Å². The summed E-state index contributed by atoms with van der Waals surface area (Å²) in [5, 5.41) is 10.6. The topological polar surface area (TPSA) is 82.2 Å². The second-order valence-corrected chi connectivity index (χ2v) is 7.83. The molecule has 0 aliphatic heterocycles. The summed E-state index contributed by atoms with van der Waals surface area (Å²) in [6, 6.07) is 5.46. The van der Waals surface area contributed by atoms with E-state index in [1.165, 1.54) is 12.1 Å². The molecule has 1 amide bonds. The van der Waals surface area contributed by atoms with Crippen LogP contribution in [0.15, 0.2) is 35.3 Å². The van der Waals surface area contributed by atoms with Gasteiger partial charge in [0.2, 0.25) is 5.96 Å². The number of carbonyl (C=O) groups excluding carboxylic acids is 1. The monoisotopic (exact) mass is 457 g/mol. The van der Waals surface area contributed by atoms with Crippen molar-refractivity contribution in [2.24, 2.45) is 4.99 Å². The molecule has 0 saturated heterocycles. The van der Waals surface area contributed by atoms with Gasteiger partial charge in [-0.25, -0.2) is 13.8 Å². The molecule has 1 aliphatic rings. The number of aliphatic imine (C=N–C) groups is 1. The lowest BCUT2D eigenvalue weighted by atomic mass is 10.1. The van der Waals surface area contributed by atoms with Gasteiger partial charge in [0.1, 0.15) is 5.69 Å². The first-order valence-electron chi connectivity index (χ1n) is 10.3. The number of anilines is 1. The number of halogens is 5. The van der Waals surface area contributed by atoms with Crippen LogP contribution in [-0.2, 0) is 12.1 Å². The molecule has 1 fully saturated rings. The Morgan fingerprint density at radius 3 is 2.22 bits per heavy atom. The van der Waals surface area contributed by atoms with E-state index in [0.717, 1.165) is 63.6 Å². The van der Waals surface area contributed by atoms with Gasteiger partial charge in [0.15, 0.2) is 5.82 Å². The molecule has 1 aromatic carbocycles. The van der Waals surface area contributed by atoms with Gasteiger partial charge in [0.05, 0.1) is 6.04 Å². The average Bonchev–Trinajstić information content (AvgIpc) is 3.04. The van der Waals surface area contributed by atoms with Gasteiger partial charge in [-0.15, -0.1) is 0 Å². The van der Waals surface area contributed by atoms with Crippen molar-refractivity contribution in [2.45, 2.75) is 63.6 Å². The zero-order chi connectivity index (χ0) is 23.4. The SMILES string of the molecule is CC(F)(F)c1ccc(C(=O)NC(=NC2CCCCCC2)Nc2cc(C(F)(F)F)[nH]n2)cc1. The van der Waals surface area contributed by atoms with Crippen LogP contribution in [0.3, 0.4) is 0 Å². The first-order chi connectivity index (χ1) is 15.0. The lowest BCUT2D eigenvalue weighted by Crippen LogP contribution is -2.37. The maximum atomic E-state index is 13.4. The highest BCUT2D eigenvalue weighted by molar-refractivity contribution is 6.09. The van der Waals surface area contributed by atoms with E-state index in [1.54, 1.807) is 0 Å². The van der Waals surface area contributed by atoms with Gasteiger partial charge in [-0.05, 0) is 25.0 Å². The molecule has 2 aromatic rings. The summed E-state index contributed by atoms with van der Waals surface area (Å²) in [6.45, 7) is 0.753. The van der Waals surface area contributed by atoms with Crippen LogP contribution in [0.25, 0.3) is 0 Å². The number of aromatic amines is 1. The molecule has 0 spiro atoms. The quantitative estimate of drug-likeness (QED) is 0.247.